The van der Waals surface area contributed by atoms with E-state index in [4.69, 9.17) is 4.74 Å². The van der Waals surface area contributed by atoms with Gasteiger partial charge in [-0.25, -0.2) is 9.78 Å². The lowest BCUT2D eigenvalue weighted by Gasteiger charge is -2.17. The number of benzene rings is 1. The van der Waals surface area contributed by atoms with Gasteiger partial charge >= 0.3 is 12.3 Å². The van der Waals surface area contributed by atoms with Crippen LogP contribution >= 0.6 is 27.3 Å². The van der Waals surface area contributed by atoms with E-state index in [9.17, 15) is 22.8 Å². The normalized spacial score (nSPS) is 14.2. The summed E-state index contributed by atoms with van der Waals surface area (Å²) in [5, 5.41) is 8.33. The average molecular weight is 556 g/mol. The van der Waals surface area contributed by atoms with Crippen LogP contribution in [0.1, 0.15) is 24.1 Å². The van der Waals surface area contributed by atoms with Crippen molar-refractivity contribution in [2.75, 3.05) is 5.32 Å². The minimum absolute atomic E-state index is 0.0819. The van der Waals surface area contributed by atoms with Gasteiger partial charge in [0.15, 0.2) is 0 Å². The van der Waals surface area contributed by atoms with E-state index in [1.165, 1.54) is 30.0 Å². The number of thiazole rings is 1. The zero-order valence-corrected chi connectivity index (χ0v) is 19.7. The Balaban J connectivity index is 1.32. The molecular formula is C21H17BrF3N5O3S. The molecule has 2 aromatic heterocycles. The number of carbonyl (C=O) groups excluding carboxylic acids is 2. The summed E-state index contributed by atoms with van der Waals surface area (Å²) in [4.78, 5) is 32.6. The van der Waals surface area contributed by atoms with Crippen LogP contribution in [0.4, 0.5) is 29.3 Å². The quantitative estimate of drug-likeness (QED) is 0.379. The summed E-state index contributed by atoms with van der Waals surface area (Å²) in [6.07, 6.45) is -1.54. The molecule has 1 aromatic carbocycles. The number of alkyl halides is 3. The summed E-state index contributed by atoms with van der Waals surface area (Å²) in [6.45, 7) is 0.0819. The molecule has 0 unspecified atom stereocenters. The minimum atomic E-state index is -4.52. The Bertz CT molecular complexity index is 1190. The van der Waals surface area contributed by atoms with E-state index in [1.807, 2.05) is 0 Å². The lowest BCUT2D eigenvalue weighted by molar-refractivity contribution is -0.137. The highest BCUT2D eigenvalue weighted by Crippen LogP contribution is 2.38. The predicted octanol–water partition coefficient (Wildman–Crippen LogP) is 5.00. The molecule has 3 N–H and O–H groups in total. The topological polar surface area (TPSA) is 105 Å². The maximum absolute atomic E-state index is 13.3. The molecule has 34 heavy (non-hydrogen) atoms. The fraction of sp³-hybridized carbons (Fsp3) is 0.238. The summed E-state index contributed by atoms with van der Waals surface area (Å²) in [6, 6.07) is 6.97. The van der Waals surface area contributed by atoms with Crippen molar-refractivity contribution < 1.29 is 27.5 Å². The van der Waals surface area contributed by atoms with Crippen molar-refractivity contribution >= 4 is 50.6 Å². The molecule has 4 rings (SSSR count). The molecule has 1 saturated carbocycles. The molecule has 1 fully saturated rings. The van der Waals surface area contributed by atoms with Crippen molar-refractivity contribution in [3.8, 4) is 5.06 Å². The Morgan fingerprint density at radius 1 is 1.18 bits per heavy atom. The number of rotatable bonds is 7. The lowest BCUT2D eigenvalue weighted by atomic mass is 10.1. The van der Waals surface area contributed by atoms with Gasteiger partial charge < -0.3 is 20.7 Å². The van der Waals surface area contributed by atoms with Crippen molar-refractivity contribution in [3.05, 3.63) is 64.0 Å². The molecule has 8 nitrogen and oxygen atoms in total. The van der Waals surface area contributed by atoms with E-state index < -0.39 is 23.4 Å². The Kier molecular flexibility index (Phi) is 6.75. The SMILES string of the molecule is O=C(NC1(C(=O)NCc2ccc(Nc3ccc(Br)cc3C(F)(F)F)cn2)CC1)Oc1cncs1. The van der Waals surface area contributed by atoms with E-state index in [0.29, 0.717) is 33.8 Å². The summed E-state index contributed by atoms with van der Waals surface area (Å²) < 4.78 is 45.3. The number of nitrogens with zero attached hydrogens (tertiary/aromatic N) is 2. The first-order chi connectivity index (χ1) is 16.1. The number of halogens is 4. The second-order valence-electron chi connectivity index (χ2n) is 7.45. The number of carbonyl (C=O) groups is 2. The molecule has 0 spiro atoms. The molecule has 0 bridgehead atoms. The van der Waals surface area contributed by atoms with Crippen molar-refractivity contribution in [1.82, 2.24) is 20.6 Å². The van der Waals surface area contributed by atoms with Crippen LogP contribution in [0.2, 0.25) is 0 Å². The molecule has 2 amide bonds. The van der Waals surface area contributed by atoms with Crippen LogP contribution in [-0.2, 0) is 17.5 Å². The molecule has 0 aliphatic heterocycles. The number of hydrogen-bond acceptors (Lipinski definition) is 7. The first-order valence-electron chi connectivity index (χ1n) is 9.90. The van der Waals surface area contributed by atoms with Gasteiger partial charge in [-0.3, -0.25) is 9.78 Å². The molecule has 0 atom stereocenters. The van der Waals surface area contributed by atoms with Crippen LogP contribution in [0.3, 0.4) is 0 Å². The third-order valence-corrected chi connectivity index (χ3v) is 6.09. The van der Waals surface area contributed by atoms with Crippen LogP contribution in [0.25, 0.3) is 0 Å². The molecule has 13 heteroatoms. The lowest BCUT2D eigenvalue weighted by Crippen LogP contribution is -2.49. The molecule has 0 radical (unpaired) electrons. The second kappa shape index (κ2) is 9.58. The van der Waals surface area contributed by atoms with Gasteiger partial charge in [0, 0.05) is 4.47 Å². The number of pyridine rings is 1. The Morgan fingerprint density at radius 2 is 1.97 bits per heavy atom. The van der Waals surface area contributed by atoms with Gasteiger partial charge in [-0.2, -0.15) is 13.2 Å². The molecular weight excluding hydrogens is 539 g/mol. The number of aromatic nitrogens is 2. The fourth-order valence-corrected chi connectivity index (χ4v) is 3.89. The van der Waals surface area contributed by atoms with Crippen LogP contribution < -0.4 is 20.7 Å². The maximum atomic E-state index is 13.3. The number of nitrogens with one attached hydrogen (secondary N) is 3. The average Bonchev–Trinajstić information content (AvgIpc) is 3.38. The number of hydrogen-bond donors (Lipinski definition) is 3. The standard InChI is InChI=1S/C21H17BrF3N5O3S/c22-12-1-4-16(15(7-12)21(23,24)25)29-14-3-2-13(27-9-14)8-28-18(31)20(5-6-20)30-19(32)33-17-10-26-11-34-17/h1-4,7,9-11,29H,5-6,8H2,(H,28,31)(H,30,32). The Labute approximate surface area is 204 Å². The molecule has 1 aliphatic carbocycles. The Hall–Kier alpha value is -3.19. The van der Waals surface area contributed by atoms with E-state index in [1.54, 1.807) is 12.1 Å². The van der Waals surface area contributed by atoms with E-state index >= 15 is 0 Å². The van der Waals surface area contributed by atoms with Crippen molar-refractivity contribution in [1.29, 1.82) is 0 Å². The van der Waals surface area contributed by atoms with Crippen LogP contribution in [0.15, 0.2) is 52.7 Å². The predicted molar refractivity (Wildman–Crippen MR) is 122 cm³/mol. The molecule has 178 valence electrons. The van der Waals surface area contributed by atoms with E-state index in [2.05, 4.69) is 41.8 Å². The molecule has 0 saturated heterocycles. The number of anilines is 2. The number of ether oxygens (including phenoxy) is 1. The molecule has 2 heterocycles. The maximum Gasteiger partial charge on any atom is 0.418 e. The van der Waals surface area contributed by atoms with E-state index in [-0.39, 0.29) is 18.1 Å². The zero-order valence-electron chi connectivity index (χ0n) is 17.3. The van der Waals surface area contributed by atoms with Crippen LogP contribution in [0, 0.1) is 0 Å². The smallest absolute Gasteiger partial charge is 0.397 e. The third kappa shape index (κ3) is 5.83. The van der Waals surface area contributed by atoms with Crippen molar-refractivity contribution in [2.24, 2.45) is 0 Å². The summed E-state index contributed by atoms with van der Waals surface area (Å²) >= 11 is 4.20. The second-order valence-corrected chi connectivity index (χ2v) is 9.22. The van der Waals surface area contributed by atoms with Gasteiger partial charge in [0.1, 0.15) is 5.54 Å². The minimum Gasteiger partial charge on any atom is -0.397 e. The summed E-state index contributed by atoms with van der Waals surface area (Å²) in [7, 11) is 0. The van der Waals surface area contributed by atoms with Gasteiger partial charge in [0.2, 0.25) is 11.0 Å². The van der Waals surface area contributed by atoms with Crippen LogP contribution in [-0.4, -0.2) is 27.5 Å². The van der Waals surface area contributed by atoms with Gasteiger partial charge in [0.05, 0.1) is 47.1 Å². The van der Waals surface area contributed by atoms with Crippen molar-refractivity contribution in [2.45, 2.75) is 31.1 Å². The monoisotopic (exact) mass is 555 g/mol. The largest absolute Gasteiger partial charge is 0.418 e. The van der Waals surface area contributed by atoms with Gasteiger partial charge in [-0.05, 0) is 43.2 Å². The molecule has 3 aromatic rings. The zero-order chi connectivity index (χ0) is 24.3. The van der Waals surface area contributed by atoms with Crippen molar-refractivity contribution in [3.63, 3.8) is 0 Å². The summed E-state index contributed by atoms with van der Waals surface area (Å²) in [5.74, 6) is -0.373. The highest BCUT2D eigenvalue weighted by atomic mass is 79.9. The van der Waals surface area contributed by atoms with Gasteiger partial charge in [-0.15, -0.1) is 0 Å². The first kappa shape index (κ1) is 24.0. The van der Waals surface area contributed by atoms with Gasteiger partial charge in [-0.1, -0.05) is 27.3 Å². The number of amides is 2. The van der Waals surface area contributed by atoms with Crippen LogP contribution in [0.5, 0.6) is 5.06 Å². The van der Waals surface area contributed by atoms with E-state index in [0.717, 1.165) is 17.4 Å². The third-order valence-electron chi connectivity index (χ3n) is 4.95. The first-order valence-corrected chi connectivity index (χ1v) is 11.6. The molecule has 1 aliphatic rings. The highest BCUT2D eigenvalue weighted by Gasteiger charge is 2.51. The van der Waals surface area contributed by atoms with Gasteiger partial charge in [0.25, 0.3) is 0 Å². The highest BCUT2D eigenvalue weighted by molar-refractivity contribution is 9.10. The summed E-state index contributed by atoms with van der Waals surface area (Å²) in [5.41, 5.74) is 0.422. The fourth-order valence-electron chi connectivity index (χ4n) is 3.06. The Morgan fingerprint density at radius 3 is 2.59 bits per heavy atom.